The Labute approximate surface area is 273 Å². The van der Waals surface area contributed by atoms with E-state index in [0.717, 1.165) is 41.6 Å². The summed E-state index contributed by atoms with van der Waals surface area (Å²) in [5, 5.41) is 11.1. The highest BCUT2D eigenvalue weighted by molar-refractivity contribution is 5.79. The van der Waals surface area contributed by atoms with E-state index in [9.17, 15) is 23.1 Å². The number of fused-ring (bicyclic) bond motifs is 2. The Balaban J connectivity index is 1.20. The fourth-order valence-corrected chi connectivity index (χ4v) is 6.63. The third kappa shape index (κ3) is 6.34. The molecule has 6 nitrogen and oxygen atoms in total. The molecule has 1 saturated carbocycles. The van der Waals surface area contributed by atoms with Crippen molar-refractivity contribution in [1.29, 1.82) is 0 Å². The minimum Gasteiger partial charge on any atom is -0.487 e. The molecule has 1 fully saturated rings. The molecule has 48 heavy (non-hydrogen) atoms. The average molecular weight is 654 g/mol. The van der Waals surface area contributed by atoms with Gasteiger partial charge in [0.05, 0.1) is 40.3 Å². The summed E-state index contributed by atoms with van der Waals surface area (Å²) in [6.45, 7) is 0.332. The number of carbonyl (C=O) groups is 1. The first-order valence-corrected chi connectivity index (χ1v) is 15.8. The van der Waals surface area contributed by atoms with Gasteiger partial charge in [0.25, 0.3) is 0 Å². The second kappa shape index (κ2) is 12.7. The molecular formula is C38H31F4N3O3. The van der Waals surface area contributed by atoms with Crippen molar-refractivity contribution >= 4 is 27.9 Å². The number of aliphatic carboxylic acids is 1. The number of ether oxygens (including phenoxy) is 1. The molecule has 0 spiro atoms. The van der Waals surface area contributed by atoms with E-state index in [1.54, 1.807) is 18.2 Å². The Bertz CT molecular complexity index is 2120. The molecule has 0 saturated heterocycles. The van der Waals surface area contributed by atoms with E-state index in [2.05, 4.69) is 4.98 Å². The van der Waals surface area contributed by atoms with Crippen molar-refractivity contribution in [3.8, 4) is 16.9 Å². The first-order chi connectivity index (χ1) is 23.1. The lowest BCUT2D eigenvalue weighted by molar-refractivity contribution is -0.143. The number of hydrogen-bond donors (Lipinski definition) is 1. The maximum absolute atomic E-state index is 15.7. The van der Waals surface area contributed by atoms with Crippen LogP contribution in [0.5, 0.6) is 5.75 Å². The van der Waals surface area contributed by atoms with Gasteiger partial charge >= 0.3 is 12.1 Å². The summed E-state index contributed by atoms with van der Waals surface area (Å²) in [7, 11) is 0. The zero-order chi connectivity index (χ0) is 33.4. The summed E-state index contributed by atoms with van der Waals surface area (Å²) in [5.41, 5.74) is 3.43. The monoisotopic (exact) mass is 653 g/mol. The van der Waals surface area contributed by atoms with Gasteiger partial charge in [-0.2, -0.15) is 13.2 Å². The number of halogens is 4. The van der Waals surface area contributed by atoms with Gasteiger partial charge in [-0.1, -0.05) is 61.4 Å². The van der Waals surface area contributed by atoms with Crippen molar-refractivity contribution in [2.75, 3.05) is 0 Å². The number of para-hydroxylation sites is 1. The lowest BCUT2D eigenvalue weighted by Gasteiger charge is -2.28. The van der Waals surface area contributed by atoms with Crippen molar-refractivity contribution in [3.05, 3.63) is 126 Å². The second-order valence-corrected chi connectivity index (χ2v) is 12.2. The van der Waals surface area contributed by atoms with Gasteiger partial charge in [0.2, 0.25) is 0 Å². The molecule has 0 radical (unpaired) electrons. The summed E-state index contributed by atoms with van der Waals surface area (Å²) in [6, 6.07) is 26.4. The van der Waals surface area contributed by atoms with E-state index in [1.165, 1.54) is 18.2 Å². The van der Waals surface area contributed by atoms with E-state index in [0.29, 0.717) is 52.1 Å². The molecule has 0 unspecified atom stereocenters. The number of pyridine rings is 1. The van der Waals surface area contributed by atoms with Gasteiger partial charge in [-0.3, -0.25) is 4.79 Å². The molecule has 1 N–H and O–H groups in total. The normalized spacial score (nSPS) is 16.8. The van der Waals surface area contributed by atoms with Crippen LogP contribution in [0.1, 0.15) is 54.2 Å². The summed E-state index contributed by atoms with van der Waals surface area (Å²) in [6.07, 6.45) is -1.60. The Morgan fingerprint density at radius 2 is 1.62 bits per heavy atom. The largest absolute Gasteiger partial charge is 0.487 e. The van der Waals surface area contributed by atoms with Crippen LogP contribution in [-0.4, -0.2) is 25.6 Å². The summed E-state index contributed by atoms with van der Waals surface area (Å²) >= 11 is 0. The van der Waals surface area contributed by atoms with Gasteiger partial charge in [-0.05, 0) is 66.4 Å². The molecule has 7 rings (SSSR count). The first-order valence-electron chi connectivity index (χ1n) is 15.8. The standard InChI is InChI=1S/C38H31F4N3O3/c39-32-19-25(23-11-14-27(15-12-23)38(40,41)42)9-10-26(32)21-45-35-18-17-29(48-22-28-16-13-24-5-1-4-8-33(24)43-28)20-34(35)44-36(45)30-6-2-3-7-31(30)37(46)47/h1,4-5,8-20,30-31H,2-3,6-7,21-22H2,(H,46,47)/t30-,31+/m1/s1. The van der Waals surface area contributed by atoms with Gasteiger partial charge in [-0.15, -0.1) is 0 Å². The van der Waals surface area contributed by atoms with Gasteiger partial charge < -0.3 is 14.4 Å². The fourth-order valence-electron chi connectivity index (χ4n) is 6.63. The van der Waals surface area contributed by atoms with E-state index in [1.807, 2.05) is 53.1 Å². The van der Waals surface area contributed by atoms with Crippen LogP contribution in [0.2, 0.25) is 0 Å². The predicted octanol–water partition coefficient (Wildman–Crippen LogP) is 9.40. The summed E-state index contributed by atoms with van der Waals surface area (Å²) < 4.78 is 62.7. The number of aromatic nitrogens is 3. The highest BCUT2D eigenvalue weighted by atomic mass is 19.4. The second-order valence-electron chi connectivity index (χ2n) is 12.2. The minimum atomic E-state index is -4.46. The molecule has 2 aromatic heterocycles. The lowest BCUT2D eigenvalue weighted by Crippen LogP contribution is -2.28. The quantitative estimate of drug-likeness (QED) is 0.166. The number of alkyl halides is 3. The zero-order valence-corrected chi connectivity index (χ0v) is 25.8. The van der Waals surface area contributed by atoms with E-state index in [-0.39, 0.29) is 19.1 Å². The number of carboxylic acids is 1. The third-order valence-corrected chi connectivity index (χ3v) is 9.13. The average Bonchev–Trinajstić information content (AvgIpc) is 3.45. The molecule has 1 aliphatic carbocycles. The summed E-state index contributed by atoms with van der Waals surface area (Å²) in [5.74, 6) is -1.23. The van der Waals surface area contributed by atoms with Crippen LogP contribution >= 0.6 is 0 Å². The number of carboxylic acid groups (broad SMARTS) is 1. The molecule has 4 aromatic carbocycles. The fraction of sp³-hybridized carbons (Fsp3) is 0.237. The van der Waals surface area contributed by atoms with Gasteiger partial charge in [0, 0.05) is 22.9 Å². The SMILES string of the molecule is O=C(O)[C@H]1CCCC[C@H]1c1nc2cc(OCc3ccc4ccccc4n3)ccc2n1Cc1ccc(-c2ccc(C(F)(F)F)cc2)cc1F. The first kappa shape index (κ1) is 31.4. The molecule has 0 aliphatic heterocycles. The van der Waals surface area contributed by atoms with Gasteiger partial charge in [0.1, 0.15) is 24.0 Å². The van der Waals surface area contributed by atoms with E-state index >= 15 is 4.39 Å². The topological polar surface area (TPSA) is 77.2 Å². The number of hydrogen-bond acceptors (Lipinski definition) is 4. The van der Waals surface area contributed by atoms with E-state index in [4.69, 9.17) is 9.72 Å². The minimum absolute atomic E-state index is 0.0923. The molecule has 0 amide bonds. The third-order valence-electron chi connectivity index (χ3n) is 9.13. The van der Waals surface area contributed by atoms with Gasteiger partial charge in [0.15, 0.2) is 0 Å². The van der Waals surface area contributed by atoms with Crippen molar-refractivity contribution in [1.82, 2.24) is 14.5 Å². The van der Waals surface area contributed by atoms with Crippen LogP contribution in [-0.2, 0) is 24.1 Å². The Morgan fingerprint density at radius 3 is 2.40 bits per heavy atom. The van der Waals surface area contributed by atoms with Crippen molar-refractivity contribution in [2.24, 2.45) is 5.92 Å². The van der Waals surface area contributed by atoms with Crippen LogP contribution in [0.4, 0.5) is 17.6 Å². The number of rotatable bonds is 8. The van der Waals surface area contributed by atoms with Crippen LogP contribution in [0.25, 0.3) is 33.1 Å². The molecular weight excluding hydrogens is 622 g/mol. The van der Waals surface area contributed by atoms with E-state index < -0.39 is 29.4 Å². The number of imidazole rings is 1. The van der Waals surface area contributed by atoms with Crippen molar-refractivity contribution in [2.45, 2.75) is 50.9 Å². The smallest absolute Gasteiger partial charge is 0.416 e. The summed E-state index contributed by atoms with van der Waals surface area (Å²) in [4.78, 5) is 21.9. The molecule has 2 atom stereocenters. The Morgan fingerprint density at radius 1 is 0.854 bits per heavy atom. The van der Waals surface area contributed by atoms with Crippen molar-refractivity contribution < 1.29 is 32.2 Å². The molecule has 10 heteroatoms. The van der Waals surface area contributed by atoms with Crippen LogP contribution in [0, 0.1) is 11.7 Å². The maximum Gasteiger partial charge on any atom is 0.416 e. The van der Waals surface area contributed by atoms with Crippen LogP contribution in [0.15, 0.2) is 97.1 Å². The Hall–Kier alpha value is -5.25. The molecule has 2 heterocycles. The lowest BCUT2D eigenvalue weighted by atomic mass is 9.78. The Kier molecular flexibility index (Phi) is 8.33. The maximum atomic E-state index is 15.7. The van der Waals surface area contributed by atoms with Crippen LogP contribution in [0.3, 0.4) is 0 Å². The predicted molar refractivity (Wildman–Crippen MR) is 174 cm³/mol. The van der Waals surface area contributed by atoms with Crippen molar-refractivity contribution in [3.63, 3.8) is 0 Å². The highest BCUT2D eigenvalue weighted by Crippen LogP contribution is 2.40. The number of nitrogens with zero attached hydrogens (tertiary/aromatic N) is 3. The highest BCUT2D eigenvalue weighted by Gasteiger charge is 2.35. The zero-order valence-electron chi connectivity index (χ0n) is 25.8. The van der Waals surface area contributed by atoms with Gasteiger partial charge in [-0.25, -0.2) is 14.4 Å². The molecule has 244 valence electrons. The molecule has 6 aromatic rings. The van der Waals surface area contributed by atoms with Crippen LogP contribution < -0.4 is 4.74 Å². The number of benzene rings is 4. The molecule has 1 aliphatic rings. The molecule has 0 bridgehead atoms.